The summed E-state index contributed by atoms with van der Waals surface area (Å²) in [6, 6.07) is 26.6. The molecule has 0 aliphatic carbocycles. The van der Waals surface area contributed by atoms with E-state index in [1.807, 2.05) is 0 Å². The lowest BCUT2D eigenvalue weighted by molar-refractivity contribution is 0.430. The molecule has 0 amide bonds. The van der Waals surface area contributed by atoms with Crippen molar-refractivity contribution >= 4 is 21.8 Å². The highest BCUT2D eigenvalue weighted by Gasteiger charge is 2.30. The molecule has 0 saturated heterocycles. The zero-order valence-corrected chi connectivity index (χ0v) is 13.2. The Morgan fingerprint density at radius 3 is 2.39 bits per heavy atom. The van der Waals surface area contributed by atoms with Crippen molar-refractivity contribution in [1.29, 1.82) is 0 Å². The lowest BCUT2D eigenvalue weighted by Crippen LogP contribution is -2.22. The molecule has 112 valence electrons. The molecule has 1 aromatic heterocycles. The third-order valence-corrected chi connectivity index (χ3v) is 5.36. The molecule has 1 aliphatic rings. The van der Waals surface area contributed by atoms with Gasteiger partial charge in [-0.2, -0.15) is 0 Å². The molecular formula is C22H19N. The Hall–Kier alpha value is -2.54. The molecule has 0 radical (unpaired) electrons. The van der Waals surface area contributed by atoms with Gasteiger partial charge in [0.15, 0.2) is 0 Å². The predicted octanol–water partition coefficient (Wildman–Crippen LogP) is 5.58. The third-order valence-electron chi connectivity index (χ3n) is 5.36. The molecule has 1 aliphatic heterocycles. The van der Waals surface area contributed by atoms with E-state index in [4.69, 9.17) is 0 Å². The van der Waals surface area contributed by atoms with Crippen molar-refractivity contribution in [3.8, 4) is 0 Å². The van der Waals surface area contributed by atoms with Gasteiger partial charge in [-0.15, -0.1) is 0 Å². The number of nitrogens with zero attached hydrogens (tertiary/aromatic N) is 1. The Labute approximate surface area is 136 Å². The van der Waals surface area contributed by atoms with Crippen molar-refractivity contribution in [2.75, 3.05) is 0 Å². The van der Waals surface area contributed by atoms with Crippen LogP contribution in [-0.4, -0.2) is 4.57 Å². The number of benzene rings is 3. The van der Waals surface area contributed by atoms with Crippen LogP contribution in [-0.2, 0) is 6.54 Å². The summed E-state index contributed by atoms with van der Waals surface area (Å²) >= 11 is 0. The van der Waals surface area contributed by atoms with Crippen LogP contribution in [0.1, 0.15) is 24.0 Å². The van der Waals surface area contributed by atoms with Gasteiger partial charge in [0.05, 0.1) is 5.52 Å². The average molecular weight is 297 g/mol. The monoisotopic (exact) mass is 297 g/mol. The molecule has 0 spiro atoms. The minimum absolute atomic E-state index is 0.483. The van der Waals surface area contributed by atoms with E-state index in [0.717, 1.165) is 6.54 Å². The smallest absolute Gasteiger partial charge is 0.0530 e. The van der Waals surface area contributed by atoms with E-state index in [-0.39, 0.29) is 0 Å². The van der Waals surface area contributed by atoms with Gasteiger partial charge in [0, 0.05) is 28.8 Å². The number of fused-ring (bicyclic) bond motifs is 3. The lowest BCUT2D eigenvalue weighted by Gasteiger charge is -2.32. The summed E-state index contributed by atoms with van der Waals surface area (Å²) in [4.78, 5) is 0. The standard InChI is InChI=1S/C22H19N/c1-15-14-23-20-13-6-5-10-17(20)18-11-7-12-19(22(18)23)21(15)16-8-3-2-4-9-16/h2-13,15,21H,14H2,1H3. The fourth-order valence-electron chi connectivity index (χ4n) is 4.45. The van der Waals surface area contributed by atoms with Gasteiger partial charge in [0.1, 0.15) is 0 Å². The maximum Gasteiger partial charge on any atom is 0.0530 e. The van der Waals surface area contributed by atoms with Crippen molar-refractivity contribution in [3.05, 3.63) is 83.9 Å². The Morgan fingerprint density at radius 1 is 0.783 bits per heavy atom. The van der Waals surface area contributed by atoms with Crippen LogP contribution in [0.4, 0.5) is 0 Å². The first kappa shape index (κ1) is 13.0. The van der Waals surface area contributed by atoms with Gasteiger partial charge in [-0.25, -0.2) is 0 Å². The number of hydrogen-bond acceptors (Lipinski definition) is 0. The molecule has 1 nitrogen and oxygen atoms in total. The quantitative estimate of drug-likeness (QED) is 0.432. The van der Waals surface area contributed by atoms with Crippen molar-refractivity contribution in [3.63, 3.8) is 0 Å². The number of rotatable bonds is 1. The van der Waals surface area contributed by atoms with Gasteiger partial charge in [-0.1, -0.05) is 73.7 Å². The van der Waals surface area contributed by atoms with E-state index in [1.54, 1.807) is 0 Å². The van der Waals surface area contributed by atoms with Crippen LogP contribution in [0.5, 0.6) is 0 Å². The molecule has 0 bridgehead atoms. The molecule has 0 N–H and O–H groups in total. The minimum Gasteiger partial charge on any atom is -0.340 e. The average Bonchev–Trinajstić information content (AvgIpc) is 2.92. The maximum atomic E-state index is 2.53. The summed E-state index contributed by atoms with van der Waals surface area (Å²) in [6.07, 6.45) is 0. The zero-order chi connectivity index (χ0) is 15.4. The number of para-hydroxylation sites is 2. The second-order valence-electron chi connectivity index (χ2n) is 6.74. The first-order chi connectivity index (χ1) is 11.3. The molecule has 1 heteroatoms. The highest BCUT2D eigenvalue weighted by Crippen LogP contribution is 2.44. The van der Waals surface area contributed by atoms with Crippen LogP contribution in [0, 0.1) is 5.92 Å². The topological polar surface area (TPSA) is 4.93 Å². The normalized spacial score (nSPS) is 20.2. The molecule has 0 saturated carbocycles. The van der Waals surface area contributed by atoms with Crippen LogP contribution in [0.2, 0.25) is 0 Å². The molecule has 2 heterocycles. The van der Waals surface area contributed by atoms with Crippen molar-refractivity contribution in [1.82, 2.24) is 4.57 Å². The summed E-state index contributed by atoms with van der Waals surface area (Å²) < 4.78 is 2.53. The van der Waals surface area contributed by atoms with Gasteiger partial charge < -0.3 is 4.57 Å². The Bertz CT molecular complexity index is 1010. The van der Waals surface area contributed by atoms with Crippen molar-refractivity contribution < 1.29 is 0 Å². The summed E-state index contributed by atoms with van der Waals surface area (Å²) in [7, 11) is 0. The maximum absolute atomic E-state index is 2.53. The van der Waals surface area contributed by atoms with Crippen molar-refractivity contribution in [2.24, 2.45) is 5.92 Å². The third kappa shape index (κ3) is 1.74. The number of aromatic nitrogens is 1. The fraction of sp³-hybridized carbons (Fsp3) is 0.182. The Morgan fingerprint density at radius 2 is 1.52 bits per heavy atom. The molecule has 2 atom stereocenters. The SMILES string of the molecule is CC1Cn2c3ccccc3c3cccc(c32)C1c1ccccc1. The zero-order valence-electron chi connectivity index (χ0n) is 13.2. The molecule has 5 rings (SSSR count). The van der Waals surface area contributed by atoms with E-state index in [2.05, 4.69) is 84.3 Å². The predicted molar refractivity (Wildman–Crippen MR) is 96.9 cm³/mol. The molecule has 4 aromatic rings. The lowest BCUT2D eigenvalue weighted by atomic mass is 9.79. The summed E-state index contributed by atoms with van der Waals surface area (Å²) in [5.41, 5.74) is 5.71. The van der Waals surface area contributed by atoms with Gasteiger partial charge in [0.2, 0.25) is 0 Å². The van der Waals surface area contributed by atoms with Gasteiger partial charge in [0.25, 0.3) is 0 Å². The van der Waals surface area contributed by atoms with Crippen LogP contribution < -0.4 is 0 Å². The molecule has 23 heavy (non-hydrogen) atoms. The van der Waals surface area contributed by atoms with Crippen LogP contribution in [0.3, 0.4) is 0 Å². The molecular weight excluding hydrogens is 278 g/mol. The van der Waals surface area contributed by atoms with E-state index < -0.39 is 0 Å². The fourth-order valence-corrected chi connectivity index (χ4v) is 4.45. The van der Waals surface area contributed by atoms with E-state index in [0.29, 0.717) is 11.8 Å². The van der Waals surface area contributed by atoms with Crippen LogP contribution in [0.25, 0.3) is 21.8 Å². The van der Waals surface area contributed by atoms with Crippen molar-refractivity contribution in [2.45, 2.75) is 19.4 Å². The Balaban J connectivity index is 1.89. The first-order valence-corrected chi connectivity index (χ1v) is 8.39. The Kier molecular flexibility index (Phi) is 2.66. The summed E-state index contributed by atoms with van der Waals surface area (Å²) in [6.45, 7) is 3.47. The first-order valence-electron chi connectivity index (χ1n) is 8.39. The van der Waals surface area contributed by atoms with Gasteiger partial charge in [-0.05, 0) is 23.1 Å². The van der Waals surface area contributed by atoms with Crippen LogP contribution >= 0.6 is 0 Å². The van der Waals surface area contributed by atoms with Crippen LogP contribution in [0.15, 0.2) is 72.8 Å². The van der Waals surface area contributed by atoms with Gasteiger partial charge in [-0.3, -0.25) is 0 Å². The molecule has 3 aromatic carbocycles. The summed E-state index contributed by atoms with van der Waals surface area (Å²) in [5, 5.41) is 2.77. The summed E-state index contributed by atoms with van der Waals surface area (Å²) in [5.74, 6) is 1.07. The second-order valence-corrected chi connectivity index (χ2v) is 6.74. The van der Waals surface area contributed by atoms with E-state index >= 15 is 0 Å². The minimum atomic E-state index is 0.483. The van der Waals surface area contributed by atoms with E-state index in [9.17, 15) is 0 Å². The second kappa shape index (κ2) is 4.73. The van der Waals surface area contributed by atoms with Gasteiger partial charge >= 0.3 is 0 Å². The largest absolute Gasteiger partial charge is 0.340 e. The molecule has 2 unspecified atom stereocenters. The highest BCUT2D eigenvalue weighted by molar-refractivity contribution is 6.09. The number of hydrogen-bond donors (Lipinski definition) is 0. The van der Waals surface area contributed by atoms with E-state index in [1.165, 1.54) is 32.9 Å². The highest BCUT2D eigenvalue weighted by atomic mass is 15.0. The molecule has 0 fully saturated rings.